The number of nitrogens with two attached hydrogens (primary N) is 1. The topological polar surface area (TPSA) is 146 Å². The average molecular weight is 366 g/mol. The van der Waals surface area contributed by atoms with E-state index < -0.39 is 5.54 Å². The van der Waals surface area contributed by atoms with Gasteiger partial charge in [-0.2, -0.15) is 0 Å². The smallest absolute Gasteiger partial charge is 0.0558 e. The van der Waals surface area contributed by atoms with E-state index in [2.05, 4.69) is 16.0 Å². The van der Waals surface area contributed by atoms with E-state index in [1.165, 1.54) is 0 Å². The Morgan fingerprint density at radius 3 is 1.60 bits per heavy atom. The highest BCUT2D eigenvalue weighted by molar-refractivity contribution is 4.93. The second kappa shape index (κ2) is 17.1. The highest BCUT2D eigenvalue weighted by Crippen LogP contribution is 2.23. The van der Waals surface area contributed by atoms with Gasteiger partial charge >= 0.3 is 0 Å². The first-order valence-corrected chi connectivity index (χ1v) is 9.21. The third-order valence-corrected chi connectivity index (χ3v) is 4.30. The van der Waals surface area contributed by atoms with E-state index >= 15 is 0 Å². The molecule has 0 fully saturated rings. The van der Waals surface area contributed by atoms with Gasteiger partial charge in [0.15, 0.2) is 0 Å². The van der Waals surface area contributed by atoms with Gasteiger partial charge in [-0.1, -0.05) is 0 Å². The summed E-state index contributed by atoms with van der Waals surface area (Å²) in [6.07, 6.45) is 0.938. The monoisotopic (exact) mass is 365 g/mol. The first kappa shape index (κ1) is 24.6. The lowest BCUT2D eigenvalue weighted by Gasteiger charge is -2.44. The number of β-amino-alcohol motifs (C(OH)–C–C–N with tert-alkyl or cyclic N) is 2. The van der Waals surface area contributed by atoms with Crippen molar-refractivity contribution in [1.29, 1.82) is 0 Å². The van der Waals surface area contributed by atoms with E-state index in [0.717, 1.165) is 32.7 Å². The van der Waals surface area contributed by atoms with Gasteiger partial charge in [0, 0.05) is 77.7 Å². The van der Waals surface area contributed by atoms with E-state index in [0.29, 0.717) is 39.0 Å². The maximum Gasteiger partial charge on any atom is 0.0558 e. The van der Waals surface area contributed by atoms with Gasteiger partial charge in [-0.3, -0.25) is 4.90 Å². The number of aliphatic hydroxyl groups excluding tert-OH is 4. The summed E-state index contributed by atoms with van der Waals surface area (Å²) in [4.78, 5) is 1.95. The number of aliphatic hydroxyl groups is 4. The zero-order valence-electron chi connectivity index (χ0n) is 15.4. The van der Waals surface area contributed by atoms with Crippen LogP contribution in [0, 0.1) is 0 Å². The zero-order chi connectivity index (χ0) is 18.8. The summed E-state index contributed by atoms with van der Waals surface area (Å²) in [5, 5.41) is 47.4. The molecule has 0 amide bonds. The minimum atomic E-state index is -0.488. The van der Waals surface area contributed by atoms with Gasteiger partial charge < -0.3 is 42.1 Å². The molecule has 9 nitrogen and oxygen atoms in total. The molecule has 0 atom stereocenters. The summed E-state index contributed by atoms with van der Waals surface area (Å²) in [6.45, 7) is 6.01. The minimum Gasteiger partial charge on any atom is -0.396 e. The Morgan fingerprint density at radius 2 is 1.16 bits per heavy atom. The van der Waals surface area contributed by atoms with Crippen LogP contribution in [0.5, 0.6) is 0 Å². The lowest BCUT2D eigenvalue weighted by Crippen LogP contribution is -2.58. The van der Waals surface area contributed by atoms with Crippen LogP contribution in [0.15, 0.2) is 0 Å². The van der Waals surface area contributed by atoms with E-state index in [9.17, 15) is 20.4 Å². The highest BCUT2D eigenvalue weighted by Gasteiger charge is 2.34. The molecule has 0 aromatic carbocycles. The van der Waals surface area contributed by atoms with Crippen molar-refractivity contribution in [3.63, 3.8) is 0 Å². The van der Waals surface area contributed by atoms with Gasteiger partial charge in [-0.25, -0.2) is 0 Å². The van der Waals surface area contributed by atoms with E-state index in [4.69, 9.17) is 5.73 Å². The van der Waals surface area contributed by atoms with Crippen LogP contribution in [0.1, 0.15) is 12.8 Å². The summed E-state index contributed by atoms with van der Waals surface area (Å²) < 4.78 is 0. The van der Waals surface area contributed by atoms with Gasteiger partial charge in [0.1, 0.15) is 0 Å². The Hall–Kier alpha value is -0.360. The predicted octanol–water partition coefficient (Wildman–Crippen LogP) is -3.50. The number of hydrogen-bond acceptors (Lipinski definition) is 9. The predicted molar refractivity (Wildman–Crippen MR) is 99.5 cm³/mol. The van der Waals surface area contributed by atoms with Crippen LogP contribution in [0.3, 0.4) is 0 Å². The molecule has 0 rings (SSSR count). The van der Waals surface area contributed by atoms with Crippen LogP contribution in [0.4, 0.5) is 0 Å². The summed E-state index contributed by atoms with van der Waals surface area (Å²) >= 11 is 0. The molecule has 0 unspecified atom stereocenters. The Kier molecular flexibility index (Phi) is 16.8. The molecule has 9 heteroatoms. The fourth-order valence-electron chi connectivity index (χ4n) is 3.00. The SMILES string of the molecule is NCCNCCNCCNCC(CCO)(CCO)N(CCO)CCO. The molecule has 0 aromatic rings. The third-order valence-electron chi connectivity index (χ3n) is 4.30. The zero-order valence-corrected chi connectivity index (χ0v) is 15.4. The van der Waals surface area contributed by atoms with Gasteiger partial charge in [0.05, 0.1) is 13.2 Å². The van der Waals surface area contributed by atoms with Crippen molar-refractivity contribution in [3.05, 3.63) is 0 Å². The molecule has 0 aliphatic heterocycles. The molecule has 0 aliphatic rings. The van der Waals surface area contributed by atoms with Crippen molar-refractivity contribution < 1.29 is 20.4 Å². The number of nitrogens with one attached hydrogen (secondary N) is 3. The van der Waals surface area contributed by atoms with Gasteiger partial charge in [-0.15, -0.1) is 0 Å². The lowest BCUT2D eigenvalue weighted by atomic mass is 9.89. The first-order valence-electron chi connectivity index (χ1n) is 9.21. The molecule has 0 radical (unpaired) electrons. The van der Waals surface area contributed by atoms with Crippen molar-refractivity contribution in [1.82, 2.24) is 20.9 Å². The van der Waals surface area contributed by atoms with Crippen LogP contribution in [0.25, 0.3) is 0 Å². The van der Waals surface area contributed by atoms with Gasteiger partial charge in [-0.05, 0) is 12.8 Å². The molecule has 0 heterocycles. The Morgan fingerprint density at radius 1 is 0.680 bits per heavy atom. The summed E-state index contributed by atoms with van der Waals surface area (Å²) in [7, 11) is 0. The van der Waals surface area contributed by atoms with Crippen molar-refractivity contribution >= 4 is 0 Å². The number of hydrogen-bond donors (Lipinski definition) is 8. The van der Waals surface area contributed by atoms with E-state index in [1.54, 1.807) is 0 Å². The maximum atomic E-state index is 9.47. The number of nitrogens with zero attached hydrogens (tertiary/aromatic N) is 1. The molecule has 0 aromatic heterocycles. The number of rotatable bonds is 19. The second-order valence-electron chi connectivity index (χ2n) is 6.07. The molecule has 0 saturated heterocycles. The quantitative estimate of drug-likeness (QED) is 0.109. The molecule has 0 saturated carbocycles. The largest absolute Gasteiger partial charge is 0.396 e. The molecule has 0 bridgehead atoms. The first-order chi connectivity index (χ1) is 12.2. The molecule has 25 heavy (non-hydrogen) atoms. The van der Waals surface area contributed by atoms with Crippen molar-refractivity contribution in [3.8, 4) is 0 Å². The van der Waals surface area contributed by atoms with E-state index in [-0.39, 0.29) is 26.4 Å². The summed E-state index contributed by atoms with van der Waals surface area (Å²) in [5.41, 5.74) is 4.91. The fraction of sp³-hybridized carbons (Fsp3) is 1.00. The van der Waals surface area contributed by atoms with Crippen LogP contribution in [0.2, 0.25) is 0 Å². The van der Waals surface area contributed by atoms with Crippen molar-refractivity contribution in [2.24, 2.45) is 5.73 Å². The molecule has 152 valence electrons. The van der Waals surface area contributed by atoms with Crippen molar-refractivity contribution in [2.45, 2.75) is 18.4 Å². The molecular formula is C16H39N5O4. The van der Waals surface area contributed by atoms with E-state index in [1.807, 2.05) is 4.90 Å². The molecule has 0 spiro atoms. The Labute approximate surface area is 151 Å². The lowest BCUT2D eigenvalue weighted by molar-refractivity contribution is 0.0143. The maximum absolute atomic E-state index is 9.47. The minimum absolute atomic E-state index is 0.0138. The second-order valence-corrected chi connectivity index (χ2v) is 6.07. The van der Waals surface area contributed by atoms with Gasteiger partial charge in [0.2, 0.25) is 0 Å². The van der Waals surface area contributed by atoms with Crippen LogP contribution >= 0.6 is 0 Å². The average Bonchev–Trinajstić information content (AvgIpc) is 2.60. The summed E-state index contributed by atoms with van der Waals surface area (Å²) in [5.74, 6) is 0. The molecular weight excluding hydrogens is 326 g/mol. The van der Waals surface area contributed by atoms with Crippen LogP contribution in [-0.4, -0.2) is 116 Å². The Bertz CT molecular complexity index is 275. The van der Waals surface area contributed by atoms with Gasteiger partial charge in [0.25, 0.3) is 0 Å². The highest BCUT2D eigenvalue weighted by atomic mass is 16.3. The normalized spacial score (nSPS) is 12.2. The standard InChI is InChI=1S/C16H39N5O4/c17-3-4-18-5-6-19-7-8-20-15-16(1-11-22,2-12-23)21(9-13-24)10-14-25/h18-20,22-25H,1-15,17H2. The third kappa shape index (κ3) is 11.1. The van der Waals surface area contributed by atoms with Crippen LogP contribution in [-0.2, 0) is 0 Å². The van der Waals surface area contributed by atoms with Crippen molar-refractivity contribution in [2.75, 3.05) is 85.3 Å². The Balaban J connectivity index is 4.37. The molecule has 9 N–H and O–H groups in total. The fourth-order valence-corrected chi connectivity index (χ4v) is 3.00. The van der Waals surface area contributed by atoms with Crippen LogP contribution < -0.4 is 21.7 Å². The molecule has 0 aliphatic carbocycles. The summed E-state index contributed by atoms with van der Waals surface area (Å²) in [6, 6.07) is 0.